The van der Waals surface area contributed by atoms with Crippen molar-refractivity contribution in [3.8, 4) is 11.4 Å². The quantitative estimate of drug-likeness (QED) is 0.640. The Morgan fingerprint density at radius 2 is 2.13 bits per heavy atom. The van der Waals surface area contributed by atoms with Gasteiger partial charge >= 0.3 is 0 Å². The first kappa shape index (κ1) is 8.05. The second-order valence-electron chi connectivity index (χ2n) is 3.07. The third kappa shape index (κ3) is 1.34. The highest BCUT2D eigenvalue weighted by Crippen LogP contribution is 2.14. The van der Waals surface area contributed by atoms with E-state index in [2.05, 4.69) is 24.9 Å². The summed E-state index contributed by atoms with van der Waals surface area (Å²) in [6.45, 7) is 0. The van der Waals surface area contributed by atoms with Crippen LogP contribution in [0.3, 0.4) is 0 Å². The van der Waals surface area contributed by atoms with Crippen LogP contribution >= 0.6 is 0 Å². The molecule has 3 aromatic rings. The first-order chi connectivity index (χ1) is 7.43. The number of nitrogens with zero attached hydrogens (tertiary/aromatic N) is 4. The summed E-state index contributed by atoms with van der Waals surface area (Å²) in [5.74, 6) is 0.653. The average molecular weight is 197 g/mol. The zero-order chi connectivity index (χ0) is 10.1. The van der Waals surface area contributed by atoms with Crippen LogP contribution in [0.25, 0.3) is 22.6 Å². The first-order valence-corrected chi connectivity index (χ1v) is 4.50. The molecule has 0 saturated heterocycles. The lowest BCUT2D eigenvalue weighted by molar-refractivity contribution is 1.19. The van der Waals surface area contributed by atoms with Gasteiger partial charge in [0.05, 0.1) is 12.5 Å². The Bertz CT molecular complexity index is 587. The maximum atomic E-state index is 4.34. The Morgan fingerprint density at radius 1 is 1.13 bits per heavy atom. The highest BCUT2D eigenvalue weighted by molar-refractivity contribution is 5.71. The highest BCUT2D eigenvalue weighted by Gasteiger charge is 2.03. The van der Waals surface area contributed by atoms with Crippen LogP contribution in [-0.4, -0.2) is 24.9 Å². The van der Waals surface area contributed by atoms with Crippen molar-refractivity contribution in [3.05, 3.63) is 37.1 Å². The zero-order valence-electron chi connectivity index (χ0n) is 7.75. The molecule has 0 saturated carbocycles. The summed E-state index contributed by atoms with van der Waals surface area (Å²) in [5.41, 5.74) is 2.40. The standard InChI is InChI=1S/C10H7N5/c1-2-7(4-11-3-1)9-12-5-8-10(15-9)14-6-13-8/h1-6H,(H,12,13,14,15). The highest BCUT2D eigenvalue weighted by atomic mass is 15.0. The number of imidazole rings is 1. The number of fused-ring (bicyclic) bond motifs is 1. The third-order valence-electron chi connectivity index (χ3n) is 2.09. The molecule has 5 nitrogen and oxygen atoms in total. The van der Waals surface area contributed by atoms with Gasteiger partial charge in [-0.25, -0.2) is 15.0 Å². The molecule has 0 spiro atoms. The molecule has 0 bridgehead atoms. The summed E-state index contributed by atoms with van der Waals surface area (Å²) in [6, 6.07) is 3.78. The summed E-state index contributed by atoms with van der Waals surface area (Å²) in [5, 5.41) is 0. The molecule has 0 aliphatic rings. The van der Waals surface area contributed by atoms with E-state index in [1.807, 2.05) is 12.1 Å². The van der Waals surface area contributed by atoms with Gasteiger partial charge in [0.1, 0.15) is 5.52 Å². The van der Waals surface area contributed by atoms with Crippen molar-refractivity contribution >= 4 is 11.2 Å². The minimum Gasteiger partial charge on any atom is -0.329 e. The zero-order valence-corrected chi connectivity index (χ0v) is 7.75. The lowest BCUT2D eigenvalue weighted by atomic mass is 10.3. The molecule has 0 aliphatic carbocycles. The number of pyridine rings is 1. The van der Waals surface area contributed by atoms with E-state index in [0.29, 0.717) is 5.82 Å². The van der Waals surface area contributed by atoms with E-state index in [9.17, 15) is 0 Å². The molecular weight excluding hydrogens is 190 g/mol. The van der Waals surface area contributed by atoms with Gasteiger partial charge in [-0.15, -0.1) is 0 Å². The lowest BCUT2D eigenvalue weighted by Gasteiger charge is -1.97. The van der Waals surface area contributed by atoms with Crippen LogP contribution in [0.5, 0.6) is 0 Å². The fourth-order valence-electron chi connectivity index (χ4n) is 1.37. The molecule has 72 valence electrons. The fraction of sp³-hybridized carbons (Fsp3) is 0. The van der Waals surface area contributed by atoms with Gasteiger partial charge < -0.3 is 4.98 Å². The summed E-state index contributed by atoms with van der Waals surface area (Å²) in [6.07, 6.45) is 6.75. The smallest absolute Gasteiger partial charge is 0.163 e. The van der Waals surface area contributed by atoms with Crippen LogP contribution in [-0.2, 0) is 0 Å². The SMILES string of the molecule is c1cncc(-c2ncc3nc[nH]c3n2)c1. The second kappa shape index (κ2) is 3.13. The van der Waals surface area contributed by atoms with Gasteiger partial charge in [0.25, 0.3) is 0 Å². The molecule has 0 amide bonds. The van der Waals surface area contributed by atoms with E-state index in [4.69, 9.17) is 0 Å². The predicted octanol–water partition coefficient (Wildman–Crippen LogP) is 1.41. The molecule has 1 N–H and O–H groups in total. The van der Waals surface area contributed by atoms with Crippen molar-refractivity contribution in [2.45, 2.75) is 0 Å². The van der Waals surface area contributed by atoms with Crippen LogP contribution < -0.4 is 0 Å². The largest absolute Gasteiger partial charge is 0.329 e. The number of hydrogen-bond acceptors (Lipinski definition) is 4. The van der Waals surface area contributed by atoms with Crippen molar-refractivity contribution in [1.29, 1.82) is 0 Å². The van der Waals surface area contributed by atoms with E-state index >= 15 is 0 Å². The van der Waals surface area contributed by atoms with E-state index in [1.165, 1.54) is 0 Å². The topological polar surface area (TPSA) is 67.3 Å². The molecule has 3 rings (SSSR count). The predicted molar refractivity (Wildman–Crippen MR) is 54.9 cm³/mol. The van der Waals surface area contributed by atoms with Gasteiger partial charge in [-0.1, -0.05) is 0 Å². The summed E-state index contributed by atoms with van der Waals surface area (Å²) < 4.78 is 0. The number of hydrogen-bond donors (Lipinski definition) is 1. The Morgan fingerprint density at radius 3 is 3.00 bits per heavy atom. The van der Waals surface area contributed by atoms with Crippen molar-refractivity contribution < 1.29 is 0 Å². The number of H-pyrrole nitrogens is 1. The Kier molecular flexibility index (Phi) is 1.68. The molecule has 0 fully saturated rings. The second-order valence-corrected chi connectivity index (χ2v) is 3.07. The molecule has 3 aromatic heterocycles. The summed E-state index contributed by atoms with van der Waals surface area (Å²) >= 11 is 0. The monoisotopic (exact) mass is 197 g/mol. The number of rotatable bonds is 1. The fourth-order valence-corrected chi connectivity index (χ4v) is 1.37. The van der Waals surface area contributed by atoms with Crippen molar-refractivity contribution in [2.24, 2.45) is 0 Å². The molecule has 0 radical (unpaired) electrons. The van der Waals surface area contributed by atoms with Gasteiger partial charge in [-0.05, 0) is 12.1 Å². The maximum Gasteiger partial charge on any atom is 0.163 e. The number of aromatic nitrogens is 5. The molecule has 15 heavy (non-hydrogen) atoms. The van der Waals surface area contributed by atoms with E-state index in [0.717, 1.165) is 16.7 Å². The van der Waals surface area contributed by atoms with Gasteiger partial charge in [-0.2, -0.15) is 0 Å². The van der Waals surface area contributed by atoms with E-state index < -0.39 is 0 Å². The average Bonchev–Trinajstić information content (AvgIpc) is 2.77. The Labute approximate surface area is 85.3 Å². The minimum atomic E-state index is 0.653. The van der Waals surface area contributed by atoms with Crippen LogP contribution in [0, 0.1) is 0 Å². The molecule has 0 aliphatic heterocycles. The van der Waals surface area contributed by atoms with E-state index in [1.54, 1.807) is 24.9 Å². The number of aromatic amines is 1. The van der Waals surface area contributed by atoms with Crippen molar-refractivity contribution in [1.82, 2.24) is 24.9 Å². The van der Waals surface area contributed by atoms with Crippen molar-refractivity contribution in [3.63, 3.8) is 0 Å². The summed E-state index contributed by atoms with van der Waals surface area (Å²) in [4.78, 5) is 19.6. The molecule has 0 aromatic carbocycles. The van der Waals surface area contributed by atoms with Gasteiger partial charge in [0, 0.05) is 18.0 Å². The van der Waals surface area contributed by atoms with Crippen molar-refractivity contribution in [2.75, 3.05) is 0 Å². The first-order valence-electron chi connectivity index (χ1n) is 4.50. The third-order valence-corrected chi connectivity index (χ3v) is 2.09. The maximum absolute atomic E-state index is 4.34. The van der Waals surface area contributed by atoms with Gasteiger partial charge in [-0.3, -0.25) is 4.98 Å². The lowest BCUT2D eigenvalue weighted by Crippen LogP contribution is -1.89. The van der Waals surface area contributed by atoms with Crippen LogP contribution in [0.4, 0.5) is 0 Å². The molecular formula is C10H7N5. The Hall–Kier alpha value is -2.30. The minimum absolute atomic E-state index is 0.653. The normalized spacial score (nSPS) is 10.7. The Balaban J connectivity index is 2.19. The summed E-state index contributed by atoms with van der Waals surface area (Å²) in [7, 11) is 0. The molecule has 5 heteroatoms. The molecule has 0 atom stereocenters. The van der Waals surface area contributed by atoms with Crippen LogP contribution in [0.1, 0.15) is 0 Å². The molecule has 0 unspecified atom stereocenters. The van der Waals surface area contributed by atoms with Gasteiger partial charge in [0.2, 0.25) is 0 Å². The van der Waals surface area contributed by atoms with E-state index in [-0.39, 0.29) is 0 Å². The van der Waals surface area contributed by atoms with Crippen LogP contribution in [0.2, 0.25) is 0 Å². The van der Waals surface area contributed by atoms with Gasteiger partial charge in [0.15, 0.2) is 11.5 Å². The van der Waals surface area contributed by atoms with Crippen LogP contribution in [0.15, 0.2) is 37.1 Å². The molecule has 3 heterocycles. The number of nitrogens with one attached hydrogen (secondary N) is 1.